The zero-order valence-corrected chi connectivity index (χ0v) is 24.8. The Hall–Kier alpha value is -4.10. The summed E-state index contributed by atoms with van der Waals surface area (Å²) in [7, 11) is 0. The van der Waals surface area contributed by atoms with Crippen molar-refractivity contribution in [1.29, 1.82) is 0 Å². The van der Waals surface area contributed by atoms with Gasteiger partial charge in [-0.2, -0.15) is 9.97 Å². The van der Waals surface area contributed by atoms with Crippen LogP contribution in [0.4, 0.5) is 10.2 Å². The number of anilines is 1. The van der Waals surface area contributed by atoms with Crippen LogP contribution in [0.5, 0.6) is 6.01 Å². The molecule has 8 rings (SSSR count). The molecule has 3 aromatic rings. The summed E-state index contributed by atoms with van der Waals surface area (Å²) in [5, 5.41) is 0. The molecule has 0 N–H and O–H groups in total. The van der Waals surface area contributed by atoms with Crippen LogP contribution in [0.15, 0.2) is 43.1 Å². The molecule has 226 valence electrons. The zero-order chi connectivity index (χ0) is 30.0. The number of benzene rings is 1. The molecule has 0 radical (unpaired) electrons. The van der Waals surface area contributed by atoms with Gasteiger partial charge in [0.15, 0.2) is 5.82 Å². The number of halogens is 1. The van der Waals surface area contributed by atoms with Crippen LogP contribution in [0.1, 0.15) is 42.7 Å². The molecule has 44 heavy (non-hydrogen) atoms. The van der Waals surface area contributed by atoms with Crippen LogP contribution < -0.4 is 9.64 Å². The Kier molecular flexibility index (Phi) is 6.56. The first-order valence-corrected chi connectivity index (χ1v) is 15.8. The van der Waals surface area contributed by atoms with Crippen molar-refractivity contribution in [2.75, 3.05) is 50.8 Å². The number of alkyl halides is 1. The second kappa shape index (κ2) is 10.5. The summed E-state index contributed by atoms with van der Waals surface area (Å²) < 4.78 is 20.8. The highest BCUT2D eigenvalue weighted by atomic mass is 19.1. The number of fused-ring (bicyclic) bond motifs is 5. The number of nitrogens with zero attached hydrogens (tertiary/aromatic N) is 7. The van der Waals surface area contributed by atoms with Crippen molar-refractivity contribution in [3.63, 3.8) is 0 Å². The van der Waals surface area contributed by atoms with E-state index in [0.29, 0.717) is 62.0 Å². The smallest absolute Gasteiger partial charge is 0.319 e. The summed E-state index contributed by atoms with van der Waals surface area (Å²) in [6.07, 6.45) is 7.21. The highest BCUT2D eigenvalue weighted by Gasteiger charge is 2.49. The lowest BCUT2D eigenvalue weighted by Crippen LogP contribution is -2.56. The molecule has 1 aromatic carbocycles. The quantitative estimate of drug-likeness (QED) is 0.296. The van der Waals surface area contributed by atoms with Crippen molar-refractivity contribution in [1.82, 2.24) is 24.8 Å². The summed E-state index contributed by atoms with van der Waals surface area (Å²) in [6, 6.07) is 8.61. The molecule has 5 heterocycles. The average Bonchev–Trinajstić information content (AvgIpc) is 3.36. The number of ether oxygens (including phenoxy) is 1. The Balaban J connectivity index is 1.17. The topological polar surface area (TPSA) is 79.1 Å². The minimum Gasteiger partial charge on any atom is -0.461 e. The normalized spacial score (nSPS) is 28.8. The molecule has 5 atom stereocenters. The van der Waals surface area contributed by atoms with Crippen LogP contribution in [0, 0.1) is 12.5 Å². The van der Waals surface area contributed by atoms with Crippen molar-refractivity contribution < 1.29 is 13.9 Å². The number of piperazine rings is 1. The van der Waals surface area contributed by atoms with Gasteiger partial charge >= 0.3 is 6.01 Å². The van der Waals surface area contributed by atoms with E-state index in [0.717, 1.165) is 37.3 Å². The maximum absolute atomic E-state index is 14.5. The summed E-state index contributed by atoms with van der Waals surface area (Å²) in [5.74, 6) is 1.88. The maximum Gasteiger partial charge on any atom is 0.319 e. The fourth-order valence-electron chi connectivity index (χ4n) is 8.37. The highest BCUT2D eigenvalue weighted by Crippen LogP contribution is 2.58. The average molecular weight is 594 g/mol. The molecule has 3 saturated heterocycles. The number of rotatable bonds is 7. The molecule has 3 aliphatic heterocycles. The number of amides is 1. The van der Waals surface area contributed by atoms with Crippen LogP contribution in [-0.4, -0.2) is 94.3 Å². The Morgan fingerprint density at radius 2 is 2.16 bits per heavy atom. The fraction of sp³-hybridized carbons (Fsp3) is 0.500. The standard InChI is InChI=1S/C34H36FN7O2/c1-3-29(43)42-11-10-40(19-25(42)17-36-2)32-31-28(38-33(39-32)44-20-34-8-5-9-41(34)18-24(35)15-34)14-23(16-37-31)26-7-4-6-21-12-22-13-27(22)30(21)26/h3-4,6-7,14,16,22,24-25,27H,1,5,8-13,15,17-20H2/t22?,24-,25+,27?,34?/m1/s1. The first kappa shape index (κ1) is 27.4. The van der Waals surface area contributed by atoms with Gasteiger partial charge in [0.2, 0.25) is 12.5 Å². The van der Waals surface area contributed by atoms with Gasteiger partial charge in [-0.05, 0) is 72.9 Å². The van der Waals surface area contributed by atoms with Crippen molar-refractivity contribution in [2.45, 2.75) is 55.8 Å². The van der Waals surface area contributed by atoms with Gasteiger partial charge in [0.1, 0.15) is 24.3 Å². The SMILES string of the molecule is [C-]#[N+]C[C@H]1CN(c2nc(OCC34CCCN3C[C@H](F)C4)nc3cc(-c4cccc5c4C4CC4C5)cnc23)CCN1C(=O)C=C. The van der Waals surface area contributed by atoms with Crippen LogP contribution in [0.25, 0.3) is 27.0 Å². The molecule has 3 unspecified atom stereocenters. The van der Waals surface area contributed by atoms with Crippen LogP contribution >= 0.6 is 0 Å². The Morgan fingerprint density at radius 3 is 3.02 bits per heavy atom. The highest BCUT2D eigenvalue weighted by molar-refractivity contribution is 5.90. The van der Waals surface area contributed by atoms with Crippen molar-refractivity contribution in [2.24, 2.45) is 5.92 Å². The van der Waals surface area contributed by atoms with Gasteiger partial charge in [-0.25, -0.2) is 11.0 Å². The second-order valence-corrected chi connectivity index (χ2v) is 13.1. The summed E-state index contributed by atoms with van der Waals surface area (Å²) in [6.45, 7) is 14.4. The first-order valence-electron chi connectivity index (χ1n) is 15.8. The van der Waals surface area contributed by atoms with Crippen LogP contribution in [-0.2, 0) is 11.2 Å². The monoisotopic (exact) mass is 593 g/mol. The van der Waals surface area contributed by atoms with E-state index in [-0.39, 0.29) is 30.0 Å². The van der Waals surface area contributed by atoms with E-state index >= 15 is 0 Å². The number of hydrogen-bond donors (Lipinski definition) is 0. The van der Waals surface area contributed by atoms with E-state index < -0.39 is 6.17 Å². The first-order chi connectivity index (χ1) is 21.5. The molecule has 0 bridgehead atoms. The van der Waals surface area contributed by atoms with Crippen molar-refractivity contribution in [3.8, 4) is 17.1 Å². The molecule has 1 amide bonds. The van der Waals surface area contributed by atoms with Crippen molar-refractivity contribution >= 4 is 22.8 Å². The summed E-state index contributed by atoms with van der Waals surface area (Å²) in [4.78, 5) is 36.9. The minimum atomic E-state index is -0.841. The number of pyridine rings is 1. The summed E-state index contributed by atoms with van der Waals surface area (Å²) in [5.41, 5.74) is 6.18. The lowest BCUT2D eigenvalue weighted by atomic mass is 9.95. The van der Waals surface area contributed by atoms with E-state index in [1.165, 1.54) is 29.2 Å². The third-order valence-corrected chi connectivity index (χ3v) is 10.6. The molecule has 0 spiro atoms. The van der Waals surface area contributed by atoms with E-state index in [4.69, 9.17) is 26.3 Å². The Labute approximate surface area is 256 Å². The van der Waals surface area contributed by atoms with Gasteiger partial charge in [-0.15, -0.1) is 0 Å². The van der Waals surface area contributed by atoms with E-state index in [1.54, 1.807) is 4.90 Å². The molecule has 2 aromatic heterocycles. The van der Waals surface area contributed by atoms with Gasteiger partial charge in [-0.1, -0.05) is 24.8 Å². The van der Waals surface area contributed by atoms with E-state index in [1.807, 2.05) is 6.20 Å². The number of carbonyl (C=O) groups is 1. The van der Waals surface area contributed by atoms with Gasteiger partial charge in [0.25, 0.3) is 0 Å². The van der Waals surface area contributed by atoms with E-state index in [9.17, 15) is 9.18 Å². The van der Waals surface area contributed by atoms with Gasteiger partial charge < -0.3 is 19.4 Å². The third kappa shape index (κ3) is 4.52. The molecule has 1 saturated carbocycles. The number of carbonyl (C=O) groups excluding carboxylic acids is 1. The van der Waals surface area contributed by atoms with Gasteiger partial charge in [-0.3, -0.25) is 14.7 Å². The molecule has 5 aliphatic rings. The van der Waals surface area contributed by atoms with Crippen LogP contribution in [0.3, 0.4) is 0 Å². The third-order valence-electron chi connectivity index (χ3n) is 10.6. The number of hydrogen-bond acceptors (Lipinski definition) is 7. The molecule has 2 aliphatic carbocycles. The minimum absolute atomic E-state index is 0.172. The number of aromatic nitrogens is 3. The van der Waals surface area contributed by atoms with Gasteiger partial charge in [0.05, 0.1) is 11.1 Å². The Bertz CT molecular complexity index is 1710. The fourth-order valence-corrected chi connectivity index (χ4v) is 8.37. The van der Waals surface area contributed by atoms with Gasteiger partial charge in [0, 0.05) is 44.4 Å². The predicted octanol–water partition coefficient (Wildman–Crippen LogP) is 4.43. The molecular weight excluding hydrogens is 557 g/mol. The molecule has 10 heteroatoms. The molecule has 4 fully saturated rings. The van der Waals surface area contributed by atoms with E-state index in [2.05, 4.69) is 45.5 Å². The zero-order valence-electron chi connectivity index (χ0n) is 24.8. The summed E-state index contributed by atoms with van der Waals surface area (Å²) >= 11 is 0. The lowest BCUT2D eigenvalue weighted by Gasteiger charge is -2.39. The maximum atomic E-state index is 14.5. The predicted molar refractivity (Wildman–Crippen MR) is 165 cm³/mol. The lowest BCUT2D eigenvalue weighted by molar-refractivity contribution is -0.128. The Morgan fingerprint density at radius 1 is 1.25 bits per heavy atom. The van der Waals surface area contributed by atoms with Crippen molar-refractivity contribution in [3.05, 3.63) is 65.7 Å². The molecular formula is C34H36FN7O2. The largest absolute Gasteiger partial charge is 0.461 e. The van der Waals surface area contributed by atoms with Crippen LogP contribution in [0.2, 0.25) is 0 Å². The second-order valence-electron chi connectivity index (χ2n) is 13.1. The molecule has 9 nitrogen and oxygen atoms in total.